The predicted octanol–water partition coefficient (Wildman–Crippen LogP) is 2.42. The lowest BCUT2D eigenvalue weighted by molar-refractivity contribution is -0.127. The smallest absolute Gasteiger partial charge is 0.258 e. The third-order valence-electron chi connectivity index (χ3n) is 4.99. The van der Waals surface area contributed by atoms with Crippen LogP contribution in [-0.2, 0) is 11.3 Å². The monoisotopic (exact) mass is 392 g/mol. The molecule has 1 aromatic heterocycles. The first kappa shape index (κ1) is 19.0. The van der Waals surface area contributed by atoms with Crippen molar-refractivity contribution in [2.24, 2.45) is 0 Å². The third-order valence-corrected chi connectivity index (χ3v) is 4.99. The molecule has 2 heterocycles. The number of aromatic nitrogens is 2. The summed E-state index contributed by atoms with van der Waals surface area (Å²) in [6.45, 7) is 3.08. The second kappa shape index (κ2) is 8.36. The number of piperazine rings is 1. The molecule has 6 nitrogen and oxygen atoms in total. The van der Waals surface area contributed by atoms with Crippen molar-refractivity contribution in [3.05, 3.63) is 82.2 Å². The van der Waals surface area contributed by atoms with Gasteiger partial charge in [0.2, 0.25) is 5.91 Å². The van der Waals surface area contributed by atoms with Gasteiger partial charge in [0.15, 0.2) is 0 Å². The quantitative estimate of drug-likeness (QED) is 0.693. The predicted molar refractivity (Wildman–Crippen MR) is 110 cm³/mol. The van der Waals surface area contributed by atoms with Crippen LogP contribution in [0.25, 0.3) is 17.0 Å². The van der Waals surface area contributed by atoms with E-state index < -0.39 is 0 Å². The Bertz CT molecular complexity index is 1120. The van der Waals surface area contributed by atoms with Crippen LogP contribution in [0.15, 0.2) is 59.4 Å². The average Bonchev–Trinajstić information content (AvgIpc) is 2.73. The van der Waals surface area contributed by atoms with E-state index in [0.29, 0.717) is 55.0 Å². The first-order valence-corrected chi connectivity index (χ1v) is 9.51. The second-order valence-electron chi connectivity index (χ2n) is 7.02. The molecule has 0 bridgehead atoms. The SMILES string of the molecule is O=C(C=Cc1cccc(F)c1)N1CCN(Cc2nc3ccccc3c(=O)[nH]2)CC1. The standard InChI is InChI=1S/C22H21FN4O2/c23-17-5-3-4-16(14-17)8-9-21(28)27-12-10-26(11-13-27)15-20-24-19-7-2-1-6-18(19)22(29)25-20/h1-9,14H,10-13,15H2,(H,24,25,29). The molecule has 0 atom stereocenters. The maximum Gasteiger partial charge on any atom is 0.258 e. The number of carbonyl (C=O) groups is 1. The van der Waals surface area contributed by atoms with Gasteiger partial charge in [-0.15, -0.1) is 0 Å². The zero-order valence-electron chi connectivity index (χ0n) is 15.8. The van der Waals surface area contributed by atoms with Crippen LogP contribution < -0.4 is 5.56 Å². The Morgan fingerprint density at radius 2 is 1.90 bits per heavy atom. The number of carbonyl (C=O) groups excluding carboxylic acids is 1. The number of aromatic amines is 1. The van der Waals surface area contributed by atoms with Gasteiger partial charge in [0.05, 0.1) is 17.4 Å². The molecule has 0 unspecified atom stereocenters. The lowest BCUT2D eigenvalue weighted by Crippen LogP contribution is -2.48. The van der Waals surface area contributed by atoms with Crippen LogP contribution in [0, 0.1) is 5.82 Å². The molecule has 29 heavy (non-hydrogen) atoms. The van der Waals surface area contributed by atoms with Crippen LogP contribution in [0.3, 0.4) is 0 Å². The number of rotatable bonds is 4. The minimum absolute atomic E-state index is 0.0915. The number of para-hydroxylation sites is 1. The van der Waals surface area contributed by atoms with Gasteiger partial charge in [0.25, 0.3) is 5.56 Å². The minimum atomic E-state index is -0.325. The molecular weight excluding hydrogens is 371 g/mol. The summed E-state index contributed by atoms with van der Waals surface area (Å²) in [6.07, 6.45) is 3.11. The molecule has 0 spiro atoms. The fraction of sp³-hybridized carbons (Fsp3) is 0.227. The molecule has 4 rings (SSSR count). The number of fused-ring (bicyclic) bond motifs is 1. The second-order valence-corrected chi connectivity index (χ2v) is 7.02. The van der Waals surface area contributed by atoms with Gasteiger partial charge in [0.1, 0.15) is 11.6 Å². The summed E-state index contributed by atoms with van der Waals surface area (Å²) in [7, 11) is 0. The summed E-state index contributed by atoms with van der Waals surface area (Å²) in [6, 6.07) is 13.4. The molecule has 1 N–H and O–H groups in total. The molecule has 1 saturated heterocycles. The highest BCUT2D eigenvalue weighted by atomic mass is 19.1. The van der Waals surface area contributed by atoms with E-state index >= 15 is 0 Å². The van der Waals surface area contributed by atoms with Crippen molar-refractivity contribution in [3.8, 4) is 0 Å². The first-order chi connectivity index (χ1) is 14.1. The summed E-state index contributed by atoms with van der Waals surface area (Å²) in [5, 5.41) is 0.580. The molecule has 2 aromatic carbocycles. The number of amides is 1. The first-order valence-electron chi connectivity index (χ1n) is 9.51. The Morgan fingerprint density at radius 3 is 2.69 bits per heavy atom. The molecule has 1 aliphatic rings. The van der Waals surface area contributed by atoms with Crippen molar-refractivity contribution in [1.82, 2.24) is 19.8 Å². The maximum atomic E-state index is 13.2. The van der Waals surface area contributed by atoms with Crippen LogP contribution in [0.5, 0.6) is 0 Å². The van der Waals surface area contributed by atoms with Crippen LogP contribution in [-0.4, -0.2) is 51.9 Å². The highest BCUT2D eigenvalue weighted by Crippen LogP contribution is 2.10. The van der Waals surface area contributed by atoms with Crippen molar-refractivity contribution in [2.45, 2.75) is 6.54 Å². The molecule has 0 radical (unpaired) electrons. The highest BCUT2D eigenvalue weighted by molar-refractivity contribution is 5.91. The molecule has 0 saturated carbocycles. The number of nitrogens with zero attached hydrogens (tertiary/aromatic N) is 3. The lowest BCUT2D eigenvalue weighted by atomic mass is 10.2. The van der Waals surface area contributed by atoms with Crippen LogP contribution in [0.1, 0.15) is 11.4 Å². The van der Waals surface area contributed by atoms with E-state index in [0.717, 1.165) is 0 Å². The van der Waals surface area contributed by atoms with Gasteiger partial charge in [-0.25, -0.2) is 9.37 Å². The highest BCUT2D eigenvalue weighted by Gasteiger charge is 2.20. The van der Waals surface area contributed by atoms with Crippen molar-refractivity contribution >= 4 is 22.9 Å². The fourth-order valence-electron chi connectivity index (χ4n) is 3.43. The molecule has 1 aliphatic heterocycles. The number of benzene rings is 2. The average molecular weight is 392 g/mol. The van der Waals surface area contributed by atoms with Crippen LogP contribution in [0.4, 0.5) is 4.39 Å². The number of halogens is 1. The molecule has 1 amide bonds. The van der Waals surface area contributed by atoms with Gasteiger partial charge in [-0.1, -0.05) is 24.3 Å². The Morgan fingerprint density at radius 1 is 1.10 bits per heavy atom. The molecule has 148 valence electrons. The maximum absolute atomic E-state index is 13.2. The molecule has 7 heteroatoms. The van der Waals surface area contributed by atoms with E-state index in [4.69, 9.17) is 0 Å². The normalized spacial score (nSPS) is 15.3. The minimum Gasteiger partial charge on any atom is -0.337 e. The van der Waals surface area contributed by atoms with E-state index in [-0.39, 0.29) is 17.3 Å². The van der Waals surface area contributed by atoms with E-state index in [1.165, 1.54) is 18.2 Å². The molecular formula is C22H21FN4O2. The topological polar surface area (TPSA) is 69.3 Å². The lowest BCUT2D eigenvalue weighted by Gasteiger charge is -2.33. The van der Waals surface area contributed by atoms with E-state index in [2.05, 4.69) is 14.9 Å². The van der Waals surface area contributed by atoms with Gasteiger partial charge in [-0.05, 0) is 35.9 Å². The van der Waals surface area contributed by atoms with Gasteiger partial charge < -0.3 is 9.88 Å². The Kier molecular flexibility index (Phi) is 5.48. The van der Waals surface area contributed by atoms with Gasteiger partial charge in [0, 0.05) is 32.3 Å². The zero-order valence-corrected chi connectivity index (χ0v) is 15.8. The molecule has 0 aliphatic carbocycles. The van der Waals surface area contributed by atoms with Crippen LogP contribution in [0.2, 0.25) is 0 Å². The van der Waals surface area contributed by atoms with Crippen molar-refractivity contribution in [1.29, 1.82) is 0 Å². The Labute approximate surface area is 167 Å². The number of H-pyrrole nitrogens is 1. The van der Waals surface area contributed by atoms with Crippen molar-refractivity contribution in [2.75, 3.05) is 26.2 Å². The fourth-order valence-corrected chi connectivity index (χ4v) is 3.43. The van der Waals surface area contributed by atoms with Crippen LogP contribution >= 0.6 is 0 Å². The Balaban J connectivity index is 1.35. The summed E-state index contributed by atoms with van der Waals surface area (Å²) >= 11 is 0. The number of hydrogen-bond acceptors (Lipinski definition) is 4. The summed E-state index contributed by atoms with van der Waals surface area (Å²) in [4.78, 5) is 35.9. The Hall–Kier alpha value is -3.32. The van der Waals surface area contributed by atoms with Gasteiger partial charge >= 0.3 is 0 Å². The van der Waals surface area contributed by atoms with Crippen molar-refractivity contribution < 1.29 is 9.18 Å². The van der Waals surface area contributed by atoms with Crippen molar-refractivity contribution in [3.63, 3.8) is 0 Å². The largest absolute Gasteiger partial charge is 0.337 e. The number of hydrogen-bond donors (Lipinski definition) is 1. The summed E-state index contributed by atoms with van der Waals surface area (Å²) < 4.78 is 13.2. The van der Waals surface area contributed by atoms with Gasteiger partial charge in [-0.3, -0.25) is 14.5 Å². The summed E-state index contributed by atoms with van der Waals surface area (Å²) in [5.74, 6) is 0.208. The van der Waals surface area contributed by atoms with E-state index in [9.17, 15) is 14.0 Å². The molecule has 1 fully saturated rings. The number of nitrogens with one attached hydrogen (secondary N) is 1. The molecule has 3 aromatic rings. The third kappa shape index (κ3) is 4.57. The van der Waals surface area contributed by atoms with Gasteiger partial charge in [-0.2, -0.15) is 0 Å². The summed E-state index contributed by atoms with van der Waals surface area (Å²) in [5.41, 5.74) is 1.20. The zero-order chi connectivity index (χ0) is 20.2. The van der Waals surface area contributed by atoms with E-state index in [1.54, 1.807) is 29.2 Å². The van der Waals surface area contributed by atoms with E-state index in [1.807, 2.05) is 18.2 Å².